The zero-order valence-electron chi connectivity index (χ0n) is 12.3. The molecule has 3 rings (SSSR count). The van der Waals surface area contributed by atoms with Crippen molar-refractivity contribution in [3.8, 4) is 11.5 Å². The molecule has 1 saturated carbocycles. The summed E-state index contributed by atoms with van der Waals surface area (Å²) in [5.41, 5.74) is 0. The molecule has 0 bridgehead atoms. The molecule has 22 heavy (non-hydrogen) atoms. The summed E-state index contributed by atoms with van der Waals surface area (Å²) in [6.45, 7) is 0.729. The van der Waals surface area contributed by atoms with Gasteiger partial charge in [0, 0.05) is 0 Å². The summed E-state index contributed by atoms with van der Waals surface area (Å²) >= 11 is 0. The van der Waals surface area contributed by atoms with Gasteiger partial charge in [0.2, 0.25) is 0 Å². The van der Waals surface area contributed by atoms with E-state index in [1.165, 1.54) is 12.1 Å². The van der Waals surface area contributed by atoms with Crippen molar-refractivity contribution in [2.45, 2.75) is 25.4 Å². The van der Waals surface area contributed by atoms with Crippen molar-refractivity contribution in [2.24, 2.45) is 5.92 Å². The van der Waals surface area contributed by atoms with Gasteiger partial charge in [-0.2, -0.15) is 0 Å². The van der Waals surface area contributed by atoms with Gasteiger partial charge < -0.3 is 9.47 Å². The summed E-state index contributed by atoms with van der Waals surface area (Å²) in [7, 11) is 0. The standard InChI is InChI=1S/C18H19FO2.ClH/c19-15-7-10-17(11-8-15)21-18-9-6-14(12-18)13-20-16-4-2-1-3-5-16;/h1-5,7-8,10-11,14,18H,6,9,12-13H2;1H. The van der Waals surface area contributed by atoms with E-state index in [4.69, 9.17) is 9.47 Å². The lowest BCUT2D eigenvalue weighted by molar-refractivity contribution is 0.189. The minimum absolute atomic E-state index is 0. The highest BCUT2D eigenvalue weighted by Crippen LogP contribution is 2.29. The first-order valence-electron chi connectivity index (χ1n) is 7.39. The molecule has 0 N–H and O–H groups in total. The van der Waals surface area contributed by atoms with E-state index in [0.29, 0.717) is 5.92 Å². The summed E-state index contributed by atoms with van der Waals surface area (Å²) < 4.78 is 24.5. The van der Waals surface area contributed by atoms with E-state index in [1.54, 1.807) is 12.1 Å². The van der Waals surface area contributed by atoms with Gasteiger partial charge in [-0.1, -0.05) is 18.2 Å². The Bertz CT molecular complexity index is 559. The van der Waals surface area contributed by atoms with Crippen molar-refractivity contribution >= 4 is 12.4 Å². The maximum atomic E-state index is 12.9. The number of halogens is 2. The van der Waals surface area contributed by atoms with E-state index < -0.39 is 0 Å². The molecule has 0 aliphatic heterocycles. The molecule has 2 unspecified atom stereocenters. The third-order valence-corrected chi connectivity index (χ3v) is 3.84. The van der Waals surface area contributed by atoms with Crippen LogP contribution in [0.25, 0.3) is 0 Å². The average Bonchev–Trinajstić information content (AvgIpc) is 2.96. The maximum absolute atomic E-state index is 12.9. The zero-order chi connectivity index (χ0) is 14.5. The van der Waals surface area contributed by atoms with Crippen LogP contribution < -0.4 is 9.47 Å². The third kappa shape index (κ3) is 4.63. The summed E-state index contributed by atoms with van der Waals surface area (Å²) in [5.74, 6) is 1.95. The smallest absolute Gasteiger partial charge is 0.123 e. The van der Waals surface area contributed by atoms with E-state index >= 15 is 0 Å². The SMILES string of the molecule is Cl.Fc1ccc(OC2CCC(COc3ccccc3)C2)cc1. The Morgan fingerprint density at radius 1 is 0.909 bits per heavy atom. The summed E-state index contributed by atoms with van der Waals surface area (Å²) in [4.78, 5) is 0. The van der Waals surface area contributed by atoms with Crippen LogP contribution in [0, 0.1) is 11.7 Å². The highest BCUT2D eigenvalue weighted by molar-refractivity contribution is 5.85. The Labute approximate surface area is 136 Å². The van der Waals surface area contributed by atoms with E-state index in [9.17, 15) is 4.39 Å². The molecular formula is C18H20ClFO2. The Morgan fingerprint density at radius 3 is 2.36 bits per heavy atom. The Hall–Kier alpha value is -1.74. The summed E-state index contributed by atoms with van der Waals surface area (Å²) in [6.07, 6.45) is 3.34. The van der Waals surface area contributed by atoms with Crippen LogP contribution in [-0.2, 0) is 0 Å². The number of hydrogen-bond acceptors (Lipinski definition) is 2. The van der Waals surface area contributed by atoms with Crippen LogP contribution in [0.2, 0.25) is 0 Å². The molecule has 0 amide bonds. The molecule has 118 valence electrons. The van der Waals surface area contributed by atoms with Crippen LogP contribution in [0.5, 0.6) is 11.5 Å². The number of benzene rings is 2. The van der Waals surface area contributed by atoms with Gasteiger partial charge in [0.1, 0.15) is 17.3 Å². The Kier molecular flexibility index (Phi) is 6.08. The van der Waals surface area contributed by atoms with Gasteiger partial charge in [-0.3, -0.25) is 0 Å². The van der Waals surface area contributed by atoms with Crippen molar-refractivity contribution in [3.63, 3.8) is 0 Å². The Balaban J connectivity index is 0.00000176. The van der Waals surface area contributed by atoms with Gasteiger partial charge in [0.05, 0.1) is 12.7 Å². The lowest BCUT2D eigenvalue weighted by Crippen LogP contribution is -2.14. The predicted octanol–water partition coefficient (Wildman–Crippen LogP) is 4.87. The molecule has 1 fully saturated rings. The first-order valence-corrected chi connectivity index (χ1v) is 7.39. The molecule has 0 radical (unpaired) electrons. The second-order valence-electron chi connectivity index (χ2n) is 5.50. The maximum Gasteiger partial charge on any atom is 0.123 e. The lowest BCUT2D eigenvalue weighted by atomic mass is 10.1. The molecule has 2 nitrogen and oxygen atoms in total. The molecule has 0 heterocycles. The molecule has 1 aliphatic rings. The average molecular weight is 323 g/mol. The van der Waals surface area contributed by atoms with Crippen molar-refractivity contribution in [1.29, 1.82) is 0 Å². The van der Waals surface area contributed by atoms with Gasteiger partial charge in [-0.25, -0.2) is 4.39 Å². The van der Waals surface area contributed by atoms with E-state index in [1.807, 2.05) is 30.3 Å². The molecular weight excluding hydrogens is 303 g/mol. The molecule has 1 aliphatic carbocycles. The van der Waals surface area contributed by atoms with Crippen LogP contribution in [0.15, 0.2) is 54.6 Å². The van der Waals surface area contributed by atoms with Crippen LogP contribution in [-0.4, -0.2) is 12.7 Å². The number of hydrogen-bond donors (Lipinski definition) is 0. The van der Waals surface area contributed by atoms with Crippen molar-refractivity contribution in [3.05, 3.63) is 60.4 Å². The van der Waals surface area contributed by atoms with Gasteiger partial charge >= 0.3 is 0 Å². The van der Waals surface area contributed by atoms with Gasteiger partial charge in [0.15, 0.2) is 0 Å². The van der Waals surface area contributed by atoms with E-state index in [0.717, 1.165) is 37.4 Å². The van der Waals surface area contributed by atoms with E-state index in [2.05, 4.69) is 0 Å². The topological polar surface area (TPSA) is 18.5 Å². The van der Waals surface area contributed by atoms with Crippen LogP contribution >= 0.6 is 12.4 Å². The molecule has 2 atom stereocenters. The normalized spacial score (nSPS) is 20.2. The van der Waals surface area contributed by atoms with E-state index in [-0.39, 0.29) is 24.3 Å². The first kappa shape index (κ1) is 16.6. The predicted molar refractivity (Wildman–Crippen MR) is 87.3 cm³/mol. The number of para-hydroxylation sites is 1. The largest absolute Gasteiger partial charge is 0.493 e. The molecule has 0 aromatic heterocycles. The second-order valence-corrected chi connectivity index (χ2v) is 5.50. The zero-order valence-corrected chi connectivity index (χ0v) is 13.1. The van der Waals surface area contributed by atoms with Crippen molar-refractivity contribution in [2.75, 3.05) is 6.61 Å². The third-order valence-electron chi connectivity index (χ3n) is 3.84. The molecule has 2 aromatic rings. The first-order chi connectivity index (χ1) is 10.3. The highest BCUT2D eigenvalue weighted by Gasteiger charge is 2.26. The van der Waals surface area contributed by atoms with Gasteiger partial charge in [-0.15, -0.1) is 12.4 Å². The lowest BCUT2D eigenvalue weighted by Gasteiger charge is -2.15. The van der Waals surface area contributed by atoms with Gasteiger partial charge in [-0.05, 0) is 61.6 Å². The summed E-state index contributed by atoms with van der Waals surface area (Å²) in [5, 5.41) is 0. The molecule has 0 spiro atoms. The molecule has 2 aromatic carbocycles. The molecule has 4 heteroatoms. The van der Waals surface area contributed by atoms with Crippen molar-refractivity contribution in [1.82, 2.24) is 0 Å². The number of rotatable bonds is 5. The highest BCUT2D eigenvalue weighted by atomic mass is 35.5. The van der Waals surface area contributed by atoms with Crippen LogP contribution in [0.1, 0.15) is 19.3 Å². The van der Waals surface area contributed by atoms with Gasteiger partial charge in [0.25, 0.3) is 0 Å². The van der Waals surface area contributed by atoms with Crippen molar-refractivity contribution < 1.29 is 13.9 Å². The monoisotopic (exact) mass is 322 g/mol. The molecule has 0 saturated heterocycles. The quantitative estimate of drug-likeness (QED) is 0.781. The minimum Gasteiger partial charge on any atom is -0.493 e. The minimum atomic E-state index is -0.233. The number of ether oxygens (including phenoxy) is 2. The summed E-state index contributed by atoms with van der Waals surface area (Å²) in [6, 6.07) is 16.1. The fraction of sp³-hybridized carbons (Fsp3) is 0.333. The van der Waals surface area contributed by atoms with Crippen LogP contribution in [0.3, 0.4) is 0 Å². The van der Waals surface area contributed by atoms with Crippen LogP contribution in [0.4, 0.5) is 4.39 Å². The fourth-order valence-corrected chi connectivity index (χ4v) is 2.72. The Morgan fingerprint density at radius 2 is 1.64 bits per heavy atom. The fourth-order valence-electron chi connectivity index (χ4n) is 2.72. The second kappa shape index (κ2) is 8.04.